The summed E-state index contributed by atoms with van der Waals surface area (Å²) < 4.78 is 0.873. The molecule has 0 atom stereocenters. The molecule has 5 heteroatoms. The number of nitrogens with zero attached hydrogens (tertiary/aromatic N) is 2. The fourth-order valence-corrected chi connectivity index (χ4v) is 4.12. The van der Waals surface area contributed by atoms with Crippen molar-refractivity contribution in [1.29, 1.82) is 0 Å². The first-order valence-electron chi connectivity index (χ1n) is 6.43. The van der Waals surface area contributed by atoms with Gasteiger partial charge in [0.2, 0.25) is 0 Å². The molecular weight excluding hydrogens is 344 g/mol. The van der Waals surface area contributed by atoms with E-state index in [2.05, 4.69) is 38.6 Å². The average Bonchev–Trinajstić information content (AvgIpc) is 3.03. The maximum atomic E-state index is 6.27. The van der Waals surface area contributed by atoms with Crippen molar-refractivity contribution in [3.63, 3.8) is 0 Å². The fourth-order valence-electron chi connectivity index (χ4n) is 2.62. The molecular formula is C14H14BrClN2S. The molecule has 100 valence electrons. The van der Waals surface area contributed by atoms with Crippen molar-refractivity contribution >= 4 is 38.9 Å². The van der Waals surface area contributed by atoms with Crippen molar-refractivity contribution in [3.8, 4) is 11.4 Å². The summed E-state index contributed by atoms with van der Waals surface area (Å²) in [5.41, 5.74) is 3.39. The summed E-state index contributed by atoms with van der Waals surface area (Å²) in [7, 11) is 0. The Kier molecular flexibility index (Phi) is 3.92. The quantitative estimate of drug-likeness (QED) is 0.655. The molecule has 2 heterocycles. The smallest absolute Gasteiger partial charge is 0.162 e. The highest BCUT2D eigenvalue weighted by atomic mass is 79.9. The molecule has 1 saturated carbocycles. The zero-order valence-electron chi connectivity index (χ0n) is 10.6. The van der Waals surface area contributed by atoms with E-state index in [1.165, 1.54) is 31.2 Å². The highest BCUT2D eigenvalue weighted by Gasteiger charge is 2.24. The van der Waals surface area contributed by atoms with Crippen LogP contribution in [0, 0.1) is 6.92 Å². The molecule has 1 fully saturated rings. The van der Waals surface area contributed by atoms with E-state index < -0.39 is 0 Å². The Morgan fingerprint density at radius 2 is 2.00 bits per heavy atom. The van der Waals surface area contributed by atoms with Crippen molar-refractivity contribution in [2.24, 2.45) is 0 Å². The van der Waals surface area contributed by atoms with E-state index in [-0.39, 0.29) is 0 Å². The minimum atomic E-state index is 0.521. The van der Waals surface area contributed by atoms with Crippen LogP contribution >= 0.6 is 38.9 Å². The summed E-state index contributed by atoms with van der Waals surface area (Å²) in [4.78, 5) is 9.20. The minimum Gasteiger partial charge on any atom is -0.231 e. The van der Waals surface area contributed by atoms with Crippen LogP contribution in [0.2, 0.25) is 5.15 Å². The molecule has 0 amide bonds. The molecule has 3 rings (SSSR count). The summed E-state index contributed by atoms with van der Waals surface area (Å²) in [5.74, 6) is 1.28. The first kappa shape index (κ1) is 13.5. The average molecular weight is 358 g/mol. The van der Waals surface area contributed by atoms with Crippen LogP contribution in [-0.4, -0.2) is 9.97 Å². The van der Waals surface area contributed by atoms with Gasteiger partial charge in [-0.25, -0.2) is 9.97 Å². The zero-order valence-corrected chi connectivity index (χ0v) is 13.8. The molecule has 0 spiro atoms. The van der Waals surface area contributed by atoms with Gasteiger partial charge in [-0.1, -0.05) is 24.4 Å². The first-order valence-corrected chi connectivity index (χ1v) is 8.54. The van der Waals surface area contributed by atoms with Crippen LogP contribution in [0.5, 0.6) is 0 Å². The number of aromatic nitrogens is 2. The third-order valence-corrected chi connectivity index (χ3v) is 5.82. The van der Waals surface area contributed by atoms with Gasteiger partial charge in [-0.15, -0.1) is 0 Å². The van der Waals surface area contributed by atoms with Gasteiger partial charge in [0.25, 0.3) is 0 Å². The molecule has 2 aromatic heterocycles. The van der Waals surface area contributed by atoms with Crippen molar-refractivity contribution in [2.75, 3.05) is 0 Å². The van der Waals surface area contributed by atoms with Gasteiger partial charge in [-0.2, -0.15) is 11.3 Å². The van der Waals surface area contributed by atoms with Gasteiger partial charge in [-0.05, 0) is 46.6 Å². The van der Waals surface area contributed by atoms with Crippen LogP contribution in [0.3, 0.4) is 0 Å². The number of hydrogen-bond acceptors (Lipinski definition) is 3. The van der Waals surface area contributed by atoms with Crippen LogP contribution in [-0.2, 0) is 0 Å². The molecule has 0 radical (unpaired) electrons. The first-order chi connectivity index (χ1) is 9.16. The molecule has 2 nitrogen and oxygen atoms in total. The molecule has 0 N–H and O–H groups in total. The van der Waals surface area contributed by atoms with Crippen LogP contribution in [0.4, 0.5) is 0 Å². The molecule has 0 bridgehead atoms. The predicted molar refractivity (Wildman–Crippen MR) is 84.0 cm³/mol. The lowest BCUT2D eigenvalue weighted by atomic mass is 10.0. The van der Waals surface area contributed by atoms with E-state index in [9.17, 15) is 0 Å². The summed E-state index contributed by atoms with van der Waals surface area (Å²) in [6, 6.07) is 0. The largest absolute Gasteiger partial charge is 0.231 e. The molecule has 0 aromatic carbocycles. The summed E-state index contributed by atoms with van der Waals surface area (Å²) in [6.07, 6.45) is 4.97. The summed E-state index contributed by atoms with van der Waals surface area (Å²) in [5, 5.41) is 4.73. The summed E-state index contributed by atoms with van der Waals surface area (Å²) in [6.45, 7) is 2.08. The zero-order chi connectivity index (χ0) is 13.4. The second-order valence-electron chi connectivity index (χ2n) is 4.99. The van der Waals surface area contributed by atoms with Crippen LogP contribution in [0.15, 0.2) is 15.2 Å². The van der Waals surface area contributed by atoms with E-state index in [1.54, 1.807) is 11.3 Å². The standard InChI is InChI=1S/C14H14BrClN2S/c1-8-6-19-7-10(8)14-17-12(9-4-2-3-5-9)11(15)13(16)18-14/h6-7,9H,2-5H2,1H3. The highest BCUT2D eigenvalue weighted by molar-refractivity contribution is 9.10. The Bertz CT molecular complexity index is 605. The molecule has 2 aromatic rings. The minimum absolute atomic E-state index is 0.521. The normalized spacial score (nSPS) is 16.2. The number of rotatable bonds is 2. The maximum absolute atomic E-state index is 6.27. The summed E-state index contributed by atoms with van der Waals surface area (Å²) >= 11 is 11.5. The number of hydrogen-bond donors (Lipinski definition) is 0. The molecule has 1 aliphatic carbocycles. The maximum Gasteiger partial charge on any atom is 0.162 e. The Hall–Kier alpha value is -0.450. The highest BCUT2D eigenvalue weighted by Crippen LogP contribution is 2.39. The fraction of sp³-hybridized carbons (Fsp3) is 0.429. The molecule has 0 unspecified atom stereocenters. The predicted octanol–water partition coefficient (Wildman–Crippen LogP) is 5.59. The topological polar surface area (TPSA) is 25.8 Å². The second kappa shape index (κ2) is 5.51. The Labute approximate surface area is 130 Å². The second-order valence-corrected chi connectivity index (χ2v) is 6.88. The van der Waals surface area contributed by atoms with E-state index in [0.717, 1.165) is 21.6 Å². The van der Waals surface area contributed by atoms with E-state index in [1.807, 2.05) is 0 Å². The van der Waals surface area contributed by atoms with E-state index in [4.69, 9.17) is 16.6 Å². The van der Waals surface area contributed by atoms with Gasteiger partial charge < -0.3 is 0 Å². The number of aryl methyl sites for hydroxylation is 1. The van der Waals surface area contributed by atoms with Crippen molar-refractivity contribution < 1.29 is 0 Å². The lowest BCUT2D eigenvalue weighted by Crippen LogP contribution is -2.02. The van der Waals surface area contributed by atoms with Crippen molar-refractivity contribution in [2.45, 2.75) is 38.5 Å². The third kappa shape index (κ3) is 2.58. The van der Waals surface area contributed by atoms with Crippen LogP contribution in [0.25, 0.3) is 11.4 Å². The van der Waals surface area contributed by atoms with Gasteiger partial charge >= 0.3 is 0 Å². The molecule has 1 aliphatic rings. The van der Waals surface area contributed by atoms with Crippen molar-refractivity contribution in [3.05, 3.63) is 31.6 Å². The lowest BCUT2D eigenvalue weighted by molar-refractivity contribution is 0.691. The van der Waals surface area contributed by atoms with Gasteiger partial charge in [0.05, 0.1) is 10.2 Å². The Morgan fingerprint density at radius 3 is 2.63 bits per heavy atom. The van der Waals surface area contributed by atoms with Gasteiger partial charge in [0, 0.05) is 16.9 Å². The lowest BCUT2D eigenvalue weighted by Gasteiger charge is -2.13. The Balaban J connectivity index is 2.10. The number of halogens is 2. The SMILES string of the molecule is Cc1cscc1-c1nc(Cl)c(Br)c(C2CCCC2)n1. The number of thiophene rings is 1. The van der Waals surface area contributed by atoms with Crippen LogP contribution in [0.1, 0.15) is 42.9 Å². The van der Waals surface area contributed by atoms with Crippen LogP contribution < -0.4 is 0 Å². The van der Waals surface area contributed by atoms with Gasteiger partial charge in [-0.3, -0.25) is 0 Å². The molecule has 19 heavy (non-hydrogen) atoms. The van der Waals surface area contributed by atoms with Gasteiger partial charge in [0.15, 0.2) is 5.82 Å². The van der Waals surface area contributed by atoms with Gasteiger partial charge in [0.1, 0.15) is 5.15 Å². The third-order valence-electron chi connectivity index (χ3n) is 3.67. The van der Waals surface area contributed by atoms with E-state index in [0.29, 0.717) is 11.1 Å². The van der Waals surface area contributed by atoms with E-state index >= 15 is 0 Å². The Morgan fingerprint density at radius 1 is 1.26 bits per heavy atom. The van der Waals surface area contributed by atoms with Crippen molar-refractivity contribution in [1.82, 2.24) is 9.97 Å². The molecule has 0 saturated heterocycles. The molecule has 0 aliphatic heterocycles. The monoisotopic (exact) mass is 356 g/mol.